The van der Waals surface area contributed by atoms with E-state index in [1.807, 2.05) is 17.9 Å². The first-order valence-corrected chi connectivity index (χ1v) is 9.03. The highest BCUT2D eigenvalue weighted by atomic mass is 15.4. The second-order valence-corrected chi connectivity index (χ2v) is 7.01. The molecule has 7 nitrogen and oxygen atoms in total. The van der Waals surface area contributed by atoms with Crippen molar-refractivity contribution >= 4 is 22.8 Å². The largest absolute Gasteiger partial charge is 0.365 e. The van der Waals surface area contributed by atoms with Gasteiger partial charge < -0.3 is 15.1 Å². The number of aryl methyl sites for hydroxylation is 2. The van der Waals surface area contributed by atoms with Crippen LogP contribution in [0.5, 0.6) is 0 Å². The predicted octanol–water partition coefficient (Wildman–Crippen LogP) is 2.04. The number of nitrogens with zero attached hydrogens (tertiary/aromatic N) is 6. The number of hydrogen-bond acceptors (Lipinski definition) is 6. The summed E-state index contributed by atoms with van der Waals surface area (Å²) in [5, 5.41) is 8.82. The molecule has 0 bridgehead atoms. The van der Waals surface area contributed by atoms with Crippen LogP contribution in [0.2, 0.25) is 0 Å². The number of nitrogens with one attached hydrogen (secondary N) is 1. The minimum atomic E-state index is 0.727. The number of rotatable bonds is 4. The molecule has 1 N–H and O–H groups in total. The minimum absolute atomic E-state index is 0.727. The summed E-state index contributed by atoms with van der Waals surface area (Å²) in [4.78, 5) is 14.2. The van der Waals surface area contributed by atoms with E-state index in [2.05, 4.69) is 58.5 Å². The molecule has 0 atom stereocenters. The van der Waals surface area contributed by atoms with Gasteiger partial charge in [0.25, 0.3) is 0 Å². The quantitative estimate of drug-likeness (QED) is 0.776. The van der Waals surface area contributed by atoms with Crippen LogP contribution in [0, 0.1) is 6.92 Å². The number of hydrogen-bond donors (Lipinski definition) is 1. The van der Waals surface area contributed by atoms with Gasteiger partial charge in [-0.1, -0.05) is 29.8 Å². The van der Waals surface area contributed by atoms with E-state index in [0.717, 1.165) is 55.5 Å². The number of anilines is 2. The molecule has 1 fully saturated rings. The second-order valence-electron chi connectivity index (χ2n) is 7.01. The minimum Gasteiger partial charge on any atom is -0.365 e. The maximum Gasteiger partial charge on any atom is 0.229 e. The SMILES string of the molecule is Cc1cccc(CNc2nc(N3CCN(C)CC3)nc3c2cnn3C)c1. The first-order valence-electron chi connectivity index (χ1n) is 9.03. The maximum atomic E-state index is 4.83. The van der Waals surface area contributed by atoms with Gasteiger partial charge in [-0.3, -0.25) is 4.68 Å². The molecule has 0 spiro atoms. The summed E-state index contributed by atoms with van der Waals surface area (Å²) < 4.78 is 1.81. The van der Waals surface area contributed by atoms with Gasteiger partial charge in [0, 0.05) is 39.8 Å². The molecule has 7 heteroatoms. The molecule has 1 saturated heterocycles. The predicted molar refractivity (Wildman–Crippen MR) is 105 cm³/mol. The van der Waals surface area contributed by atoms with Crippen LogP contribution in [-0.2, 0) is 13.6 Å². The topological polar surface area (TPSA) is 62.1 Å². The van der Waals surface area contributed by atoms with Crippen LogP contribution in [0.25, 0.3) is 11.0 Å². The fourth-order valence-corrected chi connectivity index (χ4v) is 3.30. The molecule has 0 radical (unpaired) electrons. The molecular weight excluding hydrogens is 326 g/mol. The second kappa shape index (κ2) is 6.92. The molecule has 0 unspecified atom stereocenters. The van der Waals surface area contributed by atoms with E-state index in [0.29, 0.717) is 0 Å². The van der Waals surface area contributed by atoms with Gasteiger partial charge in [-0.25, -0.2) is 0 Å². The first-order chi connectivity index (χ1) is 12.6. The van der Waals surface area contributed by atoms with Gasteiger partial charge in [0.15, 0.2) is 5.65 Å². The Kier molecular flexibility index (Phi) is 4.46. The third-order valence-electron chi connectivity index (χ3n) is 4.91. The summed E-state index contributed by atoms with van der Waals surface area (Å²) in [6, 6.07) is 8.51. The van der Waals surface area contributed by atoms with Crippen molar-refractivity contribution in [1.82, 2.24) is 24.6 Å². The Labute approximate surface area is 153 Å². The normalized spacial score (nSPS) is 15.6. The molecule has 3 heterocycles. The summed E-state index contributed by atoms with van der Waals surface area (Å²) in [5.74, 6) is 1.62. The molecule has 0 aliphatic carbocycles. The molecule has 1 aromatic carbocycles. The molecule has 3 aromatic rings. The lowest BCUT2D eigenvalue weighted by Crippen LogP contribution is -2.45. The maximum absolute atomic E-state index is 4.83. The van der Waals surface area contributed by atoms with Gasteiger partial charge >= 0.3 is 0 Å². The van der Waals surface area contributed by atoms with Crippen LogP contribution in [0.1, 0.15) is 11.1 Å². The average molecular weight is 351 g/mol. The van der Waals surface area contributed by atoms with E-state index in [1.54, 1.807) is 0 Å². The number of likely N-dealkylation sites (N-methyl/N-ethyl adjacent to an activating group) is 1. The number of benzene rings is 1. The van der Waals surface area contributed by atoms with Gasteiger partial charge in [0.1, 0.15) is 5.82 Å². The third-order valence-corrected chi connectivity index (χ3v) is 4.91. The lowest BCUT2D eigenvalue weighted by Gasteiger charge is -2.32. The Morgan fingerprint density at radius 3 is 2.65 bits per heavy atom. The summed E-state index contributed by atoms with van der Waals surface area (Å²) in [6.07, 6.45) is 1.83. The Morgan fingerprint density at radius 2 is 1.88 bits per heavy atom. The summed E-state index contributed by atoms with van der Waals surface area (Å²) in [6.45, 7) is 6.77. The molecule has 26 heavy (non-hydrogen) atoms. The molecule has 2 aromatic heterocycles. The highest BCUT2D eigenvalue weighted by molar-refractivity contribution is 5.87. The van der Waals surface area contributed by atoms with E-state index in [9.17, 15) is 0 Å². The van der Waals surface area contributed by atoms with Crippen LogP contribution >= 0.6 is 0 Å². The molecule has 136 valence electrons. The Balaban J connectivity index is 1.64. The van der Waals surface area contributed by atoms with Crippen LogP contribution in [0.3, 0.4) is 0 Å². The molecular formula is C19H25N7. The molecule has 4 rings (SSSR count). The zero-order valence-electron chi connectivity index (χ0n) is 15.6. The molecule has 1 aliphatic rings. The lowest BCUT2D eigenvalue weighted by atomic mass is 10.1. The van der Waals surface area contributed by atoms with Crippen molar-refractivity contribution in [3.8, 4) is 0 Å². The van der Waals surface area contributed by atoms with Crippen molar-refractivity contribution < 1.29 is 0 Å². The monoisotopic (exact) mass is 351 g/mol. The third kappa shape index (κ3) is 3.35. The van der Waals surface area contributed by atoms with Gasteiger partial charge in [0.05, 0.1) is 11.6 Å². The number of aromatic nitrogens is 4. The van der Waals surface area contributed by atoms with Crippen LogP contribution in [-0.4, -0.2) is 57.9 Å². The van der Waals surface area contributed by atoms with Crippen molar-refractivity contribution in [2.45, 2.75) is 13.5 Å². The Bertz CT molecular complexity index is 909. The van der Waals surface area contributed by atoms with E-state index < -0.39 is 0 Å². The smallest absolute Gasteiger partial charge is 0.229 e. The van der Waals surface area contributed by atoms with Crippen LogP contribution in [0.4, 0.5) is 11.8 Å². The zero-order chi connectivity index (χ0) is 18.1. The molecule has 0 saturated carbocycles. The van der Waals surface area contributed by atoms with Crippen molar-refractivity contribution in [2.24, 2.45) is 7.05 Å². The lowest BCUT2D eigenvalue weighted by molar-refractivity contribution is 0.311. The van der Waals surface area contributed by atoms with Gasteiger partial charge in [-0.05, 0) is 19.5 Å². The van der Waals surface area contributed by atoms with Crippen molar-refractivity contribution in [3.05, 3.63) is 41.6 Å². The highest BCUT2D eigenvalue weighted by Crippen LogP contribution is 2.24. The highest BCUT2D eigenvalue weighted by Gasteiger charge is 2.19. The van der Waals surface area contributed by atoms with E-state index in [4.69, 9.17) is 9.97 Å². The summed E-state index contributed by atoms with van der Waals surface area (Å²) in [5.41, 5.74) is 3.36. The summed E-state index contributed by atoms with van der Waals surface area (Å²) in [7, 11) is 4.07. The Morgan fingerprint density at radius 1 is 1.08 bits per heavy atom. The number of piperazine rings is 1. The van der Waals surface area contributed by atoms with Gasteiger partial charge in [-0.2, -0.15) is 15.1 Å². The van der Waals surface area contributed by atoms with E-state index >= 15 is 0 Å². The van der Waals surface area contributed by atoms with Crippen LogP contribution < -0.4 is 10.2 Å². The van der Waals surface area contributed by atoms with E-state index in [1.165, 1.54) is 11.1 Å². The van der Waals surface area contributed by atoms with Gasteiger partial charge in [-0.15, -0.1) is 0 Å². The van der Waals surface area contributed by atoms with Crippen molar-refractivity contribution in [1.29, 1.82) is 0 Å². The molecule has 1 aliphatic heterocycles. The average Bonchev–Trinajstić information content (AvgIpc) is 3.02. The van der Waals surface area contributed by atoms with Gasteiger partial charge in [0.2, 0.25) is 5.95 Å². The Hall–Kier alpha value is -2.67. The fraction of sp³-hybridized carbons (Fsp3) is 0.421. The van der Waals surface area contributed by atoms with E-state index in [-0.39, 0.29) is 0 Å². The standard InChI is InChI=1S/C19H25N7/c1-14-5-4-6-15(11-14)12-20-17-16-13-21-25(3)18(16)23-19(22-17)26-9-7-24(2)8-10-26/h4-6,11,13H,7-10,12H2,1-3H3,(H,20,22,23). The first kappa shape index (κ1) is 16.8. The van der Waals surface area contributed by atoms with Crippen molar-refractivity contribution in [2.75, 3.05) is 43.4 Å². The molecule has 0 amide bonds. The fourth-order valence-electron chi connectivity index (χ4n) is 3.30. The number of fused-ring (bicyclic) bond motifs is 1. The van der Waals surface area contributed by atoms with Crippen LogP contribution in [0.15, 0.2) is 30.5 Å². The zero-order valence-corrected chi connectivity index (χ0v) is 15.6. The summed E-state index contributed by atoms with van der Waals surface area (Å²) >= 11 is 0. The van der Waals surface area contributed by atoms with Crippen molar-refractivity contribution in [3.63, 3.8) is 0 Å².